The number of hydrogen-bond donors (Lipinski definition) is 2. The van der Waals surface area contributed by atoms with E-state index in [4.69, 9.17) is 11.5 Å². The zero-order chi connectivity index (χ0) is 13.4. The number of aromatic nitrogens is 4. The van der Waals surface area contributed by atoms with Gasteiger partial charge in [0, 0.05) is 16.1 Å². The van der Waals surface area contributed by atoms with Crippen LogP contribution < -0.4 is 11.5 Å². The van der Waals surface area contributed by atoms with E-state index in [1.54, 1.807) is 18.2 Å². The molecular formula is C11H12N6OS. The number of hydrogen-bond acceptors (Lipinski definition) is 6. The molecule has 0 atom stereocenters. The van der Waals surface area contributed by atoms with E-state index in [9.17, 15) is 4.79 Å². The number of benzene rings is 1. The molecule has 0 spiro atoms. The highest BCUT2D eigenvalue weighted by atomic mass is 32.2. The molecule has 1 aliphatic carbocycles. The van der Waals surface area contributed by atoms with Gasteiger partial charge in [-0.2, -0.15) is 0 Å². The van der Waals surface area contributed by atoms with Crippen molar-refractivity contribution in [1.82, 2.24) is 20.2 Å². The van der Waals surface area contributed by atoms with Gasteiger partial charge in [-0.15, -0.1) is 5.10 Å². The zero-order valence-electron chi connectivity index (χ0n) is 9.98. The van der Waals surface area contributed by atoms with Crippen molar-refractivity contribution in [3.63, 3.8) is 0 Å². The fourth-order valence-corrected chi connectivity index (χ4v) is 2.56. The molecule has 1 amide bonds. The van der Waals surface area contributed by atoms with Crippen LogP contribution in [0.3, 0.4) is 0 Å². The first-order valence-electron chi connectivity index (χ1n) is 5.80. The quantitative estimate of drug-likeness (QED) is 0.800. The molecule has 8 heteroatoms. The number of carbonyl (C=O) groups is 1. The first-order chi connectivity index (χ1) is 9.15. The molecule has 0 unspecified atom stereocenters. The lowest BCUT2D eigenvalue weighted by atomic mass is 10.2. The van der Waals surface area contributed by atoms with E-state index in [1.807, 2.05) is 4.68 Å². The van der Waals surface area contributed by atoms with Gasteiger partial charge in [0.2, 0.25) is 11.1 Å². The van der Waals surface area contributed by atoms with Gasteiger partial charge in [0.1, 0.15) is 0 Å². The summed E-state index contributed by atoms with van der Waals surface area (Å²) >= 11 is 1.39. The van der Waals surface area contributed by atoms with Gasteiger partial charge in [0.15, 0.2) is 0 Å². The third kappa shape index (κ3) is 2.39. The normalized spacial score (nSPS) is 14.5. The molecule has 19 heavy (non-hydrogen) atoms. The molecule has 2 aromatic rings. The summed E-state index contributed by atoms with van der Waals surface area (Å²) in [7, 11) is 0. The second-order valence-electron chi connectivity index (χ2n) is 4.36. The van der Waals surface area contributed by atoms with E-state index in [0.29, 0.717) is 22.4 Å². The SMILES string of the molecule is NC(=O)c1ccc(Sc2nnnn2C2CC2)c(N)c1. The van der Waals surface area contributed by atoms with Crippen LogP contribution in [0.5, 0.6) is 0 Å². The van der Waals surface area contributed by atoms with Crippen molar-refractivity contribution in [1.29, 1.82) is 0 Å². The van der Waals surface area contributed by atoms with E-state index >= 15 is 0 Å². The summed E-state index contributed by atoms with van der Waals surface area (Å²) in [6.45, 7) is 0. The minimum Gasteiger partial charge on any atom is -0.398 e. The van der Waals surface area contributed by atoms with Gasteiger partial charge in [-0.1, -0.05) is 0 Å². The van der Waals surface area contributed by atoms with Crippen molar-refractivity contribution in [2.75, 3.05) is 5.73 Å². The maximum atomic E-state index is 11.1. The molecule has 1 aromatic heterocycles. The lowest BCUT2D eigenvalue weighted by Crippen LogP contribution is -2.11. The van der Waals surface area contributed by atoms with Crippen molar-refractivity contribution >= 4 is 23.4 Å². The van der Waals surface area contributed by atoms with E-state index < -0.39 is 5.91 Å². The predicted octanol–water partition coefficient (Wildman–Crippen LogP) is 0.840. The Bertz CT molecular complexity index is 636. The molecule has 1 heterocycles. The Kier molecular flexibility index (Phi) is 2.86. The Balaban J connectivity index is 1.86. The number of nitrogens with zero attached hydrogens (tertiary/aromatic N) is 4. The Hall–Kier alpha value is -2.09. The van der Waals surface area contributed by atoms with Crippen LogP contribution in [-0.2, 0) is 0 Å². The van der Waals surface area contributed by atoms with Crippen LogP contribution in [0.4, 0.5) is 5.69 Å². The fraction of sp³-hybridized carbons (Fsp3) is 0.273. The summed E-state index contributed by atoms with van der Waals surface area (Å²) in [6.07, 6.45) is 2.21. The van der Waals surface area contributed by atoms with Crippen molar-refractivity contribution in [2.45, 2.75) is 28.9 Å². The zero-order valence-corrected chi connectivity index (χ0v) is 10.8. The Morgan fingerprint density at radius 2 is 2.21 bits per heavy atom. The van der Waals surface area contributed by atoms with E-state index in [-0.39, 0.29) is 0 Å². The summed E-state index contributed by atoms with van der Waals surface area (Å²) in [5.74, 6) is -0.494. The number of nitrogens with two attached hydrogens (primary N) is 2. The lowest BCUT2D eigenvalue weighted by Gasteiger charge is -2.06. The maximum Gasteiger partial charge on any atom is 0.248 e. The standard InChI is InChI=1S/C11H12N6OS/c12-8-5-6(10(13)18)1-4-9(8)19-11-14-15-16-17(11)7-2-3-7/h1,4-5,7H,2-3,12H2,(H2,13,18). The van der Waals surface area contributed by atoms with Gasteiger partial charge >= 0.3 is 0 Å². The molecule has 0 radical (unpaired) electrons. The van der Waals surface area contributed by atoms with Crippen molar-refractivity contribution in [3.05, 3.63) is 23.8 Å². The van der Waals surface area contributed by atoms with Crippen LogP contribution >= 0.6 is 11.8 Å². The summed E-state index contributed by atoms with van der Waals surface area (Å²) in [4.78, 5) is 11.9. The van der Waals surface area contributed by atoms with E-state index in [2.05, 4.69) is 15.5 Å². The largest absolute Gasteiger partial charge is 0.398 e. The number of carbonyl (C=O) groups excluding carboxylic acids is 1. The highest BCUT2D eigenvalue weighted by molar-refractivity contribution is 7.99. The lowest BCUT2D eigenvalue weighted by molar-refractivity contribution is 0.100. The minimum atomic E-state index is -0.494. The van der Waals surface area contributed by atoms with Crippen molar-refractivity contribution in [3.8, 4) is 0 Å². The summed E-state index contributed by atoms with van der Waals surface area (Å²) in [6, 6.07) is 5.37. The highest BCUT2D eigenvalue weighted by Crippen LogP contribution is 2.39. The van der Waals surface area contributed by atoms with Crippen molar-refractivity contribution < 1.29 is 4.79 Å². The Morgan fingerprint density at radius 1 is 1.42 bits per heavy atom. The summed E-state index contributed by atoms with van der Waals surface area (Å²) in [5.41, 5.74) is 12.0. The topological polar surface area (TPSA) is 113 Å². The Morgan fingerprint density at radius 3 is 2.84 bits per heavy atom. The highest BCUT2D eigenvalue weighted by Gasteiger charge is 2.28. The monoisotopic (exact) mass is 276 g/mol. The molecule has 0 aliphatic heterocycles. The number of rotatable bonds is 4. The summed E-state index contributed by atoms with van der Waals surface area (Å²) in [5, 5.41) is 12.4. The van der Waals surface area contributed by atoms with Crippen LogP contribution in [0.1, 0.15) is 29.2 Å². The molecule has 0 bridgehead atoms. The smallest absolute Gasteiger partial charge is 0.248 e. The van der Waals surface area contributed by atoms with Crippen molar-refractivity contribution in [2.24, 2.45) is 5.73 Å². The average molecular weight is 276 g/mol. The van der Waals surface area contributed by atoms with Crippen LogP contribution in [-0.4, -0.2) is 26.1 Å². The first-order valence-corrected chi connectivity index (χ1v) is 6.62. The molecule has 1 aliphatic rings. The number of anilines is 1. The van der Waals surface area contributed by atoms with Crippen LogP contribution in [0.2, 0.25) is 0 Å². The second-order valence-corrected chi connectivity index (χ2v) is 5.37. The van der Waals surface area contributed by atoms with Crippen LogP contribution in [0.25, 0.3) is 0 Å². The van der Waals surface area contributed by atoms with Gasteiger partial charge in [-0.05, 0) is 53.2 Å². The van der Waals surface area contributed by atoms with Gasteiger partial charge in [-0.25, -0.2) is 4.68 Å². The number of tetrazole rings is 1. The third-order valence-electron chi connectivity index (χ3n) is 2.85. The van der Waals surface area contributed by atoms with E-state index in [0.717, 1.165) is 17.7 Å². The van der Waals surface area contributed by atoms with E-state index in [1.165, 1.54) is 11.8 Å². The van der Waals surface area contributed by atoms with Gasteiger partial charge in [0.05, 0.1) is 6.04 Å². The number of amides is 1. The average Bonchev–Trinajstić information content (AvgIpc) is 3.12. The molecule has 1 saturated carbocycles. The molecule has 98 valence electrons. The molecule has 4 N–H and O–H groups in total. The Labute approximate surface area is 113 Å². The molecule has 0 saturated heterocycles. The van der Waals surface area contributed by atoms with Gasteiger partial charge in [-0.3, -0.25) is 4.79 Å². The molecule has 7 nitrogen and oxygen atoms in total. The number of primary amides is 1. The van der Waals surface area contributed by atoms with Crippen LogP contribution in [0.15, 0.2) is 28.3 Å². The first kappa shape index (κ1) is 12.0. The maximum absolute atomic E-state index is 11.1. The molecule has 3 rings (SSSR count). The van der Waals surface area contributed by atoms with Gasteiger partial charge < -0.3 is 11.5 Å². The molecule has 1 aromatic carbocycles. The fourth-order valence-electron chi connectivity index (χ4n) is 1.69. The van der Waals surface area contributed by atoms with Gasteiger partial charge in [0.25, 0.3) is 0 Å². The molecule has 1 fully saturated rings. The minimum absolute atomic E-state index is 0.392. The summed E-state index contributed by atoms with van der Waals surface area (Å²) < 4.78 is 1.81. The molecular weight excluding hydrogens is 264 g/mol. The van der Waals surface area contributed by atoms with Crippen LogP contribution in [0, 0.1) is 0 Å². The number of nitrogen functional groups attached to an aromatic ring is 1. The third-order valence-corrected chi connectivity index (χ3v) is 3.89. The predicted molar refractivity (Wildman–Crippen MR) is 69.6 cm³/mol. The second kappa shape index (κ2) is 4.54.